The maximum absolute atomic E-state index is 5.72. The molecule has 3 aromatic heterocycles. The molecular formula is C18H22N5S2+. The topological polar surface area (TPSA) is 39.6 Å². The van der Waals surface area contributed by atoms with Crippen LogP contribution >= 0.6 is 23.6 Å². The molecule has 3 aromatic rings. The van der Waals surface area contributed by atoms with Crippen molar-refractivity contribution in [2.24, 2.45) is 5.92 Å². The van der Waals surface area contributed by atoms with Crippen molar-refractivity contribution in [2.45, 2.75) is 45.8 Å². The van der Waals surface area contributed by atoms with Gasteiger partial charge in [-0.2, -0.15) is 4.68 Å². The molecule has 5 nitrogen and oxygen atoms in total. The number of fused-ring (bicyclic) bond motifs is 2. The Balaban J connectivity index is 1.53. The summed E-state index contributed by atoms with van der Waals surface area (Å²) in [5, 5.41) is 6.99. The predicted octanol–water partition coefficient (Wildman–Crippen LogP) is 2.49. The fourth-order valence-corrected chi connectivity index (χ4v) is 5.57. The number of hydrogen-bond donors (Lipinski definition) is 1. The van der Waals surface area contributed by atoms with Crippen LogP contribution in [0.25, 0.3) is 5.78 Å². The third-order valence-corrected chi connectivity index (χ3v) is 6.93. The maximum Gasteiger partial charge on any atom is 0.254 e. The molecule has 2 aliphatic rings. The van der Waals surface area contributed by atoms with Gasteiger partial charge in [-0.15, -0.1) is 16.4 Å². The van der Waals surface area contributed by atoms with Gasteiger partial charge in [-0.25, -0.2) is 4.98 Å². The number of aromatic nitrogens is 4. The van der Waals surface area contributed by atoms with E-state index in [4.69, 9.17) is 17.3 Å². The first-order valence-electron chi connectivity index (χ1n) is 8.96. The number of thiophene rings is 1. The molecule has 2 atom stereocenters. The molecule has 25 heavy (non-hydrogen) atoms. The smallest absolute Gasteiger partial charge is 0.254 e. The molecule has 1 aliphatic heterocycles. The monoisotopic (exact) mass is 372 g/mol. The molecular weight excluding hydrogens is 350 g/mol. The molecule has 0 saturated heterocycles. The Labute approximate surface area is 155 Å². The highest BCUT2D eigenvalue weighted by atomic mass is 32.1. The Kier molecular flexibility index (Phi) is 3.59. The van der Waals surface area contributed by atoms with Gasteiger partial charge >= 0.3 is 0 Å². The highest BCUT2D eigenvalue weighted by Gasteiger charge is 2.43. The van der Waals surface area contributed by atoms with Gasteiger partial charge in [0.2, 0.25) is 4.77 Å². The summed E-state index contributed by atoms with van der Waals surface area (Å²) in [5.41, 5.74) is 3.67. The van der Waals surface area contributed by atoms with Gasteiger partial charge in [0, 0.05) is 34.2 Å². The maximum atomic E-state index is 5.72. The first-order chi connectivity index (χ1) is 12.1. The van der Waals surface area contributed by atoms with Crippen molar-refractivity contribution in [2.75, 3.05) is 6.54 Å². The van der Waals surface area contributed by atoms with E-state index in [1.165, 1.54) is 19.3 Å². The SMILES string of the molecule is Cc1cc(C)n2c(=S)n(C[NH+]3CCc4sccc4[C@H]3C3CC3)nc2n1. The summed E-state index contributed by atoms with van der Waals surface area (Å²) < 4.78 is 4.75. The number of hydrogen-bond acceptors (Lipinski definition) is 4. The lowest BCUT2D eigenvalue weighted by Crippen LogP contribution is -3.13. The van der Waals surface area contributed by atoms with Gasteiger partial charge < -0.3 is 4.90 Å². The van der Waals surface area contributed by atoms with Crippen molar-refractivity contribution in [3.63, 3.8) is 0 Å². The van der Waals surface area contributed by atoms with Gasteiger partial charge in [-0.05, 0) is 56.4 Å². The summed E-state index contributed by atoms with van der Waals surface area (Å²) >= 11 is 7.64. The zero-order chi connectivity index (χ0) is 17.1. The molecule has 0 bridgehead atoms. The standard InChI is InChI=1S/C18H21N5S2/c1-11-9-12(2)23-17(19-11)20-22(18(23)24)10-21-7-5-15-14(6-8-25-15)16(21)13-3-4-13/h6,8-9,13,16H,3-5,7,10H2,1-2H3/p+1/t16-/m1/s1. The molecule has 0 aromatic carbocycles. The van der Waals surface area contributed by atoms with Gasteiger partial charge in [0.05, 0.1) is 6.54 Å². The van der Waals surface area contributed by atoms with Crippen LogP contribution in [0.4, 0.5) is 0 Å². The van der Waals surface area contributed by atoms with Crippen molar-refractivity contribution >= 4 is 29.3 Å². The first kappa shape index (κ1) is 15.7. The van der Waals surface area contributed by atoms with E-state index in [0.717, 1.165) is 41.1 Å². The Morgan fingerprint density at radius 2 is 2.20 bits per heavy atom. The van der Waals surface area contributed by atoms with E-state index < -0.39 is 0 Å². The van der Waals surface area contributed by atoms with E-state index in [1.807, 2.05) is 27.3 Å². The molecule has 7 heteroatoms. The molecule has 1 fully saturated rings. The van der Waals surface area contributed by atoms with Crippen LogP contribution in [0.15, 0.2) is 17.5 Å². The molecule has 4 heterocycles. The summed E-state index contributed by atoms with van der Waals surface area (Å²) in [6.45, 7) is 6.07. The van der Waals surface area contributed by atoms with E-state index in [-0.39, 0.29) is 0 Å². The largest absolute Gasteiger partial charge is 0.310 e. The van der Waals surface area contributed by atoms with Crippen molar-refractivity contribution < 1.29 is 4.90 Å². The molecule has 130 valence electrons. The van der Waals surface area contributed by atoms with Gasteiger partial charge in [-0.1, -0.05) is 0 Å². The second-order valence-electron chi connectivity index (χ2n) is 7.39. The first-order valence-corrected chi connectivity index (χ1v) is 10.3. The molecule has 1 aliphatic carbocycles. The van der Waals surface area contributed by atoms with E-state index in [1.54, 1.807) is 15.3 Å². The van der Waals surface area contributed by atoms with Crippen LogP contribution < -0.4 is 4.90 Å². The van der Waals surface area contributed by atoms with E-state index >= 15 is 0 Å². The molecule has 1 unspecified atom stereocenters. The summed E-state index contributed by atoms with van der Waals surface area (Å²) in [7, 11) is 0. The Bertz CT molecular complexity index is 1010. The number of nitrogens with zero attached hydrogens (tertiary/aromatic N) is 4. The van der Waals surface area contributed by atoms with Crippen LogP contribution in [0, 0.1) is 24.5 Å². The van der Waals surface area contributed by atoms with Crippen molar-refractivity contribution in [3.05, 3.63) is 44.1 Å². The molecule has 1 N–H and O–H groups in total. The van der Waals surface area contributed by atoms with Gasteiger partial charge in [-0.3, -0.25) is 4.40 Å². The molecule has 0 radical (unpaired) electrons. The number of rotatable bonds is 3. The Hall–Kier alpha value is -1.57. The predicted molar refractivity (Wildman–Crippen MR) is 101 cm³/mol. The summed E-state index contributed by atoms with van der Waals surface area (Å²) in [6, 6.07) is 5.02. The average Bonchev–Trinajstić information content (AvgIpc) is 3.20. The van der Waals surface area contributed by atoms with E-state index in [0.29, 0.717) is 6.04 Å². The van der Waals surface area contributed by atoms with Crippen molar-refractivity contribution in [1.29, 1.82) is 0 Å². The van der Waals surface area contributed by atoms with Crippen molar-refractivity contribution in [1.82, 2.24) is 19.2 Å². The lowest BCUT2D eigenvalue weighted by Gasteiger charge is -2.32. The number of nitrogens with one attached hydrogen (secondary N) is 1. The molecule has 0 spiro atoms. The molecule has 1 saturated carbocycles. The fraction of sp³-hybridized carbons (Fsp3) is 0.500. The second kappa shape index (κ2) is 5.72. The van der Waals surface area contributed by atoms with Crippen LogP contribution in [0.3, 0.4) is 0 Å². The summed E-state index contributed by atoms with van der Waals surface area (Å²) in [5.74, 6) is 1.55. The summed E-state index contributed by atoms with van der Waals surface area (Å²) in [6.07, 6.45) is 3.89. The number of aryl methyl sites for hydroxylation is 2. The highest BCUT2D eigenvalue weighted by molar-refractivity contribution is 7.71. The van der Waals surface area contributed by atoms with Crippen LogP contribution in [0.1, 0.15) is 40.7 Å². The second-order valence-corrected chi connectivity index (χ2v) is 8.75. The lowest BCUT2D eigenvalue weighted by molar-refractivity contribution is -0.958. The van der Waals surface area contributed by atoms with Gasteiger partial charge in [0.1, 0.15) is 6.04 Å². The minimum Gasteiger partial charge on any atom is -0.310 e. The Morgan fingerprint density at radius 1 is 1.36 bits per heavy atom. The zero-order valence-electron chi connectivity index (χ0n) is 14.5. The quantitative estimate of drug-likeness (QED) is 0.718. The zero-order valence-corrected chi connectivity index (χ0v) is 16.2. The molecule has 0 amide bonds. The molecule has 5 rings (SSSR count). The number of quaternary nitrogens is 1. The normalized spacial score (nSPS) is 23.1. The highest BCUT2D eigenvalue weighted by Crippen LogP contribution is 2.42. The Morgan fingerprint density at radius 3 is 3.00 bits per heavy atom. The van der Waals surface area contributed by atoms with Crippen molar-refractivity contribution in [3.8, 4) is 0 Å². The van der Waals surface area contributed by atoms with Gasteiger partial charge in [0.15, 0.2) is 6.67 Å². The minimum absolute atomic E-state index is 0.609. The van der Waals surface area contributed by atoms with Crippen LogP contribution in [0.2, 0.25) is 0 Å². The van der Waals surface area contributed by atoms with Crippen LogP contribution in [-0.2, 0) is 13.1 Å². The van der Waals surface area contributed by atoms with Crippen LogP contribution in [-0.4, -0.2) is 25.7 Å². The van der Waals surface area contributed by atoms with E-state index in [9.17, 15) is 0 Å². The summed E-state index contributed by atoms with van der Waals surface area (Å²) in [4.78, 5) is 7.75. The third kappa shape index (κ3) is 2.56. The average molecular weight is 373 g/mol. The van der Waals surface area contributed by atoms with Crippen LogP contribution in [0.5, 0.6) is 0 Å². The minimum atomic E-state index is 0.609. The van der Waals surface area contributed by atoms with Gasteiger partial charge in [0.25, 0.3) is 5.78 Å². The fourth-order valence-electron chi connectivity index (χ4n) is 4.30. The van der Waals surface area contributed by atoms with E-state index in [2.05, 4.69) is 29.4 Å². The third-order valence-electron chi connectivity index (χ3n) is 5.54. The lowest BCUT2D eigenvalue weighted by atomic mass is 9.96.